The van der Waals surface area contributed by atoms with E-state index in [0.717, 1.165) is 13.2 Å². The predicted octanol–water partition coefficient (Wildman–Crippen LogP) is 3.60. The lowest BCUT2D eigenvalue weighted by molar-refractivity contribution is 0.204. The van der Waals surface area contributed by atoms with Crippen LogP contribution in [0.3, 0.4) is 0 Å². The molecule has 0 spiro atoms. The van der Waals surface area contributed by atoms with Gasteiger partial charge in [-0.15, -0.1) is 11.6 Å². The van der Waals surface area contributed by atoms with Crippen LogP contribution in [-0.4, -0.2) is 26.3 Å². The molecule has 0 heterocycles. The molecule has 0 saturated carbocycles. The van der Waals surface area contributed by atoms with E-state index in [9.17, 15) is 0 Å². The molecule has 0 amide bonds. The average molecular weight is 256 g/mol. The average Bonchev–Trinajstić information content (AvgIpc) is 2.30. The number of benzene rings is 1. The third kappa shape index (κ3) is 3.90. The van der Waals surface area contributed by atoms with Crippen molar-refractivity contribution in [2.75, 3.05) is 25.2 Å². The van der Waals surface area contributed by atoms with Crippen molar-refractivity contribution >= 4 is 17.3 Å². The minimum atomic E-state index is 0.464. The van der Waals surface area contributed by atoms with Crippen molar-refractivity contribution in [3.8, 4) is 0 Å². The van der Waals surface area contributed by atoms with E-state index in [2.05, 4.69) is 43.9 Å². The van der Waals surface area contributed by atoms with E-state index in [1.165, 1.54) is 16.8 Å². The molecule has 96 valence electrons. The second kappa shape index (κ2) is 6.87. The van der Waals surface area contributed by atoms with Gasteiger partial charge in [-0.05, 0) is 38.0 Å². The van der Waals surface area contributed by atoms with Crippen LogP contribution in [-0.2, 0) is 10.6 Å². The first-order valence-electron chi connectivity index (χ1n) is 6.01. The molecule has 0 aromatic heterocycles. The van der Waals surface area contributed by atoms with Gasteiger partial charge in [0.2, 0.25) is 0 Å². The highest BCUT2D eigenvalue weighted by Crippen LogP contribution is 2.23. The van der Waals surface area contributed by atoms with Gasteiger partial charge in [-0.3, -0.25) is 0 Å². The highest BCUT2D eigenvalue weighted by atomic mass is 35.5. The van der Waals surface area contributed by atoms with E-state index in [1.54, 1.807) is 7.11 Å². The van der Waals surface area contributed by atoms with Gasteiger partial charge in [0, 0.05) is 31.3 Å². The molecule has 0 saturated heterocycles. The summed E-state index contributed by atoms with van der Waals surface area (Å²) in [6.07, 6.45) is 0. The Balaban J connectivity index is 2.93. The number of aryl methyl sites for hydroxylation is 1. The number of halogens is 1. The summed E-state index contributed by atoms with van der Waals surface area (Å²) in [5.41, 5.74) is 3.71. The van der Waals surface area contributed by atoms with Gasteiger partial charge in [0.25, 0.3) is 0 Å². The molecule has 0 aliphatic rings. The molecule has 0 bridgehead atoms. The highest BCUT2D eigenvalue weighted by Gasteiger charge is 2.12. The summed E-state index contributed by atoms with van der Waals surface area (Å²) >= 11 is 5.84. The summed E-state index contributed by atoms with van der Waals surface area (Å²) in [5.74, 6) is 0.570. The van der Waals surface area contributed by atoms with Gasteiger partial charge >= 0.3 is 0 Å². The molecule has 1 rings (SSSR count). The molecule has 2 nitrogen and oxygen atoms in total. The number of methoxy groups -OCH3 is 1. The molecule has 0 N–H and O–H groups in total. The molecule has 3 heteroatoms. The topological polar surface area (TPSA) is 12.5 Å². The van der Waals surface area contributed by atoms with Gasteiger partial charge in [0.05, 0.1) is 6.61 Å². The summed E-state index contributed by atoms with van der Waals surface area (Å²) in [6.45, 7) is 8.19. The lowest BCUT2D eigenvalue weighted by Crippen LogP contribution is -2.34. The first kappa shape index (κ1) is 14.3. The second-order valence-corrected chi connectivity index (χ2v) is 4.80. The van der Waals surface area contributed by atoms with Gasteiger partial charge < -0.3 is 9.64 Å². The van der Waals surface area contributed by atoms with Crippen molar-refractivity contribution in [2.24, 2.45) is 0 Å². The Morgan fingerprint density at radius 1 is 1.35 bits per heavy atom. The molecular formula is C14H22ClNO. The van der Waals surface area contributed by atoms with Gasteiger partial charge in [0.15, 0.2) is 0 Å². The second-order valence-electron chi connectivity index (χ2n) is 4.53. The molecular weight excluding hydrogens is 234 g/mol. The monoisotopic (exact) mass is 255 g/mol. The zero-order valence-electron chi connectivity index (χ0n) is 11.2. The number of hydrogen-bond donors (Lipinski definition) is 0. The Bertz CT molecular complexity index is 352. The van der Waals surface area contributed by atoms with Crippen LogP contribution >= 0.6 is 11.6 Å². The molecule has 0 aliphatic carbocycles. The summed E-state index contributed by atoms with van der Waals surface area (Å²) < 4.78 is 5.17. The standard InChI is InChI=1S/C14H22ClNO/c1-11(2)16(7-8-17-4)14-6-5-13(10-15)9-12(14)3/h5-6,9,11H,7-8,10H2,1-4H3. The summed E-state index contributed by atoms with van der Waals surface area (Å²) in [4.78, 5) is 2.36. The van der Waals surface area contributed by atoms with Crippen LogP contribution in [0.25, 0.3) is 0 Å². The van der Waals surface area contributed by atoms with Gasteiger partial charge in [-0.1, -0.05) is 12.1 Å². The van der Waals surface area contributed by atoms with Crippen LogP contribution in [0.5, 0.6) is 0 Å². The molecule has 1 aromatic rings. The molecule has 0 unspecified atom stereocenters. The third-order valence-electron chi connectivity index (χ3n) is 2.88. The Morgan fingerprint density at radius 3 is 2.53 bits per heavy atom. The van der Waals surface area contributed by atoms with Crippen LogP contribution in [0, 0.1) is 6.92 Å². The van der Waals surface area contributed by atoms with E-state index in [0.29, 0.717) is 11.9 Å². The molecule has 0 fully saturated rings. The van der Waals surface area contributed by atoms with Crippen molar-refractivity contribution in [1.29, 1.82) is 0 Å². The zero-order chi connectivity index (χ0) is 12.8. The lowest BCUT2D eigenvalue weighted by Gasteiger charge is -2.30. The third-order valence-corrected chi connectivity index (χ3v) is 3.19. The van der Waals surface area contributed by atoms with E-state index >= 15 is 0 Å². The van der Waals surface area contributed by atoms with E-state index in [-0.39, 0.29) is 0 Å². The van der Waals surface area contributed by atoms with Gasteiger partial charge in [0.1, 0.15) is 0 Å². The van der Waals surface area contributed by atoms with E-state index < -0.39 is 0 Å². The molecule has 0 aliphatic heterocycles. The summed E-state index contributed by atoms with van der Waals surface area (Å²) in [6, 6.07) is 6.87. The van der Waals surface area contributed by atoms with Crippen molar-refractivity contribution in [3.05, 3.63) is 29.3 Å². The number of anilines is 1. The van der Waals surface area contributed by atoms with Crippen LogP contribution in [0.15, 0.2) is 18.2 Å². The molecule has 1 aromatic carbocycles. The SMILES string of the molecule is COCCN(c1ccc(CCl)cc1C)C(C)C. The smallest absolute Gasteiger partial charge is 0.0637 e. The van der Waals surface area contributed by atoms with Crippen molar-refractivity contribution < 1.29 is 4.74 Å². The lowest BCUT2D eigenvalue weighted by atomic mass is 10.1. The van der Waals surface area contributed by atoms with Crippen molar-refractivity contribution in [1.82, 2.24) is 0 Å². The fraction of sp³-hybridized carbons (Fsp3) is 0.571. The Morgan fingerprint density at radius 2 is 2.06 bits per heavy atom. The molecule has 0 atom stereocenters. The molecule has 17 heavy (non-hydrogen) atoms. The first-order chi connectivity index (χ1) is 8.10. The Hall–Kier alpha value is -0.730. The van der Waals surface area contributed by atoms with Crippen LogP contribution < -0.4 is 4.90 Å². The number of alkyl halides is 1. The summed E-state index contributed by atoms with van der Waals surface area (Å²) in [5, 5.41) is 0. The quantitative estimate of drug-likeness (QED) is 0.721. The fourth-order valence-electron chi connectivity index (χ4n) is 1.97. The van der Waals surface area contributed by atoms with Gasteiger partial charge in [-0.2, -0.15) is 0 Å². The Labute approximate surface area is 110 Å². The highest BCUT2D eigenvalue weighted by molar-refractivity contribution is 6.17. The van der Waals surface area contributed by atoms with E-state index in [1.807, 2.05) is 0 Å². The van der Waals surface area contributed by atoms with Crippen LogP contribution in [0.1, 0.15) is 25.0 Å². The van der Waals surface area contributed by atoms with Crippen molar-refractivity contribution in [2.45, 2.75) is 32.7 Å². The molecule has 0 radical (unpaired) electrons. The van der Waals surface area contributed by atoms with Crippen molar-refractivity contribution in [3.63, 3.8) is 0 Å². The fourth-order valence-corrected chi connectivity index (χ4v) is 2.14. The maximum absolute atomic E-state index is 5.84. The van der Waals surface area contributed by atoms with Crippen LogP contribution in [0.4, 0.5) is 5.69 Å². The normalized spacial score (nSPS) is 10.9. The summed E-state index contributed by atoms with van der Waals surface area (Å²) in [7, 11) is 1.74. The van der Waals surface area contributed by atoms with Gasteiger partial charge in [-0.25, -0.2) is 0 Å². The minimum Gasteiger partial charge on any atom is -0.383 e. The number of rotatable bonds is 6. The predicted molar refractivity (Wildman–Crippen MR) is 75.1 cm³/mol. The maximum atomic E-state index is 5.84. The zero-order valence-corrected chi connectivity index (χ0v) is 11.9. The largest absolute Gasteiger partial charge is 0.383 e. The number of nitrogens with zero attached hydrogens (tertiary/aromatic N) is 1. The number of hydrogen-bond acceptors (Lipinski definition) is 2. The maximum Gasteiger partial charge on any atom is 0.0637 e. The van der Waals surface area contributed by atoms with Crippen LogP contribution in [0.2, 0.25) is 0 Å². The van der Waals surface area contributed by atoms with E-state index in [4.69, 9.17) is 16.3 Å². The minimum absolute atomic E-state index is 0.464. The Kier molecular flexibility index (Phi) is 5.79. The first-order valence-corrected chi connectivity index (χ1v) is 6.54. The number of ether oxygens (including phenoxy) is 1.